The Kier molecular flexibility index (Phi) is 5.22. The molecule has 0 fully saturated rings. The maximum absolute atomic E-state index is 13.1. The molecular formula is C12H10BrCl2FN2S. The molecule has 1 aromatic heterocycles. The zero-order valence-electron chi connectivity index (χ0n) is 9.59. The van der Waals surface area contributed by atoms with Crippen LogP contribution in [0.3, 0.4) is 0 Å². The molecule has 19 heavy (non-hydrogen) atoms. The number of nitrogens with one attached hydrogen (secondary N) is 1. The second kappa shape index (κ2) is 6.52. The van der Waals surface area contributed by atoms with E-state index in [9.17, 15) is 4.39 Å². The normalized spacial score (nSPS) is 12.7. The standard InChI is InChI=1S/C12H10BrCl2FN2S/c13-9-4-7(16)2-1-6(9)3-10(18-17)8-5-11(14)19-12(8)15/h1-2,4-5,10,18H,3,17H2. The fourth-order valence-electron chi connectivity index (χ4n) is 1.76. The van der Waals surface area contributed by atoms with Crippen molar-refractivity contribution < 1.29 is 4.39 Å². The fraction of sp³-hybridized carbons (Fsp3) is 0.167. The van der Waals surface area contributed by atoms with E-state index in [1.807, 2.05) is 0 Å². The lowest BCUT2D eigenvalue weighted by Crippen LogP contribution is -2.29. The first-order valence-electron chi connectivity index (χ1n) is 5.36. The quantitative estimate of drug-likeness (QED) is 0.592. The predicted molar refractivity (Wildman–Crippen MR) is 82.2 cm³/mol. The minimum Gasteiger partial charge on any atom is -0.271 e. The van der Waals surface area contributed by atoms with Gasteiger partial charge in [-0.1, -0.05) is 45.2 Å². The van der Waals surface area contributed by atoms with Gasteiger partial charge in [-0.05, 0) is 30.2 Å². The SMILES string of the molecule is NNC(Cc1ccc(F)cc1Br)c1cc(Cl)sc1Cl. The van der Waals surface area contributed by atoms with Crippen molar-refractivity contribution in [1.29, 1.82) is 0 Å². The van der Waals surface area contributed by atoms with E-state index in [0.717, 1.165) is 11.1 Å². The Morgan fingerprint density at radius 1 is 1.37 bits per heavy atom. The highest BCUT2D eigenvalue weighted by Crippen LogP contribution is 2.36. The highest BCUT2D eigenvalue weighted by molar-refractivity contribution is 9.10. The molecule has 0 spiro atoms. The summed E-state index contributed by atoms with van der Waals surface area (Å²) in [6, 6.07) is 6.15. The Hall–Kier alpha value is -0.170. The summed E-state index contributed by atoms with van der Waals surface area (Å²) in [6.45, 7) is 0. The molecule has 0 saturated heterocycles. The Labute approximate surface area is 132 Å². The predicted octanol–water partition coefficient (Wildman–Crippen LogP) is 4.70. The molecule has 2 rings (SSSR count). The number of hydrogen-bond acceptors (Lipinski definition) is 3. The average Bonchev–Trinajstić information content (AvgIpc) is 2.68. The first kappa shape index (κ1) is 15.2. The number of hydrazine groups is 1. The van der Waals surface area contributed by atoms with Crippen molar-refractivity contribution in [2.24, 2.45) is 5.84 Å². The van der Waals surface area contributed by atoms with E-state index in [1.54, 1.807) is 12.1 Å². The van der Waals surface area contributed by atoms with Gasteiger partial charge in [0.25, 0.3) is 0 Å². The molecule has 2 nitrogen and oxygen atoms in total. The van der Waals surface area contributed by atoms with Gasteiger partial charge in [0.15, 0.2) is 0 Å². The van der Waals surface area contributed by atoms with E-state index in [0.29, 0.717) is 19.6 Å². The number of halogens is 4. The highest BCUT2D eigenvalue weighted by Gasteiger charge is 2.18. The van der Waals surface area contributed by atoms with Gasteiger partial charge < -0.3 is 0 Å². The second-order valence-electron chi connectivity index (χ2n) is 3.94. The Balaban J connectivity index is 2.26. The summed E-state index contributed by atoms with van der Waals surface area (Å²) < 4.78 is 15.0. The molecule has 0 aliphatic rings. The van der Waals surface area contributed by atoms with Crippen LogP contribution in [0.15, 0.2) is 28.7 Å². The number of rotatable bonds is 4. The van der Waals surface area contributed by atoms with E-state index in [-0.39, 0.29) is 11.9 Å². The molecule has 0 aliphatic carbocycles. The molecule has 3 N–H and O–H groups in total. The van der Waals surface area contributed by atoms with Crippen molar-refractivity contribution in [2.45, 2.75) is 12.5 Å². The minimum atomic E-state index is -0.288. The summed E-state index contributed by atoms with van der Waals surface area (Å²) in [7, 11) is 0. The van der Waals surface area contributed by atoms with Crippen molar-refractivity contribution >= 4 is 50.5 Å². The van der Waals surface area contributed by atoms with Crippen LogP contribution in [0.2, 0.25) is 8.67 Å². The van der Waals surface area contributed by atoms with Crippen LogP contribution < -0.4 is 11.3 Å². The second-order valence-corrected chi connectivity index (χ2v) is 7.08. The van der Waals surface area contributed by atoms with Crippen molar-refractivity contribution in [3.63, 3.8) is 0 Å². The highest BCUT2D eigenvalue weighted by atomic mass is 79.9. The maximum atomic E-state index is 13.1. The van der Waals surface area contributed by atoms with Crippen LogP contribution >= 0.6 is 50.5 Å². The van der Waals surface area contributed by atoms with Crippen LogP contribution in [0.5, 0.6) is 0 Å². The van der Waals surface area contributed by atoms with Gasteiger partial charge in [-0.25, -0.2) is 4.39 Å². The number of benzene rings is 1. The molecule has 1 atom stereocenters. The third kappa shape index (κ3) is 3.68. The molecule has 1 unspecified atom stereocenters. The summed E-state index contributed by atoms with van der Waals surface area (Å²) in [4.78, 5) is 0. The lowest BCUT2D eigenvalue weighted by Gasteiger charge is -2.16. The molecule has 0 saturated carbocycles. The first-order chi connectivity index (χ1) is 9.01. The van der Waals surface area contributed by atoms with E-state index in [2.05, 4.69) is 21.4 Å². The van der Waals surface area contributed by atoms with Crippen LogP contribution in [0, 0.1) is 5.82 Å². The van der Waals surface area contributed by atoms with Gasteiger partial charge in [0.2, 0.25) is 0 Å². The summed E-state index contributed by atoms with van der Waals surface area (Å²) >= 11 is 16.7. The van der Waals surface area contributed by atoms with Crippen molar-refractivity contribution in [2.75, 3.05) is 0 Å². The van der Waals surface area contributed by atoms with Crippen LogP contribution in [-0.2, 0) is 6.42 Å². The number of nitrogens with two attached hydrogens (primary N) is 1. The van der Waals surface area contributed by atoms with Gasteiger partial charge >= 0.3 is 0 Å². The molecule has 102 valence electrons. The Morgan fingerprint density at radius 3 is 2.63 bits per heavy atom. The molecule has 0 bridgehead atoms. The van der Waals surface area contributed by atoms with E-state index >= 15 is 0 Å². The lowest BCUT2D eigenvalue weighted by atomic mass is 10.0. The van der Waals surface area contributed by atoms with Gasteiger partial charge in [0.05, 0.1) is 14.7 Å². The topological polar surface area (TPSA) is 38.0 Å². The van der Waals surface area contributed by atoms with Crippen LogP contribution in [0.25, 0.3) is 0 Å². The molecule has 0 amide bonds. The summed E-state index contributed by atoms with van der Waals surface area (Å²) in [5.74, 6) is 5.29. The van der Waals surface area contributed by atoms with Crippen LogP contribution in [0.4, 0.5) is 4.39 Å². The first-order valence-corrected chi connectivity index (χ1v) is 7.72. The fourth-order valence-corrected chi connectivity index (χ4v) is 3.85. The van der Waals surface area contributed by atoms with E-state index in [4.69, 9.17) is 29.0 Å². The molecule has 0 aliphatic heterocycles. The smallest absolute Gasteiger partial charge is 0.124 e. The summed E-state index contributed by atoms with van der Waals surface area (Å²) in [6.07, 6.45) is 0.574. The van der Waals surface area contributed by atoms with Gasteiger partial charge in [-0.2, -0.15) is 0 Å². The summed E-state index contributed by atoms with van der Waals surface area (Å²) in [5.41, 5.74) is 4.49. The van der Waals surface area contributed by atoms with Crippen molar-refractivity contribution in [1.82, 2.24) is 5.43 Å². The van der Waals surface area contributed by atoms with Crippen LogP contribution in [-0.4, -0.2) is 0 Å². The Morgan fingerprint density at radius 2 is 2.11 bits per heavy atom. The third-order valence-electron chi connectivity index (χ3n) is 2.70. The number of thiophene rings is 1. The minimum absolute atomic E-state index is 0.182. The van der Waals surface area contributed by atoms with Gasteiger partial charge in [0.1, 0.15) is 5.82 Å². The molecule has 0 radical (unpaired) electrons. The molecule has 1 heterocycles. The van der Waals surface area contributed by atoms with Crippen molar-refractivity contribution in [3.05, 3.63) is 54.4 Å². The Bertz CT molecular complexity index is 591. The van der Waals surface area contributed by atoms with E-state index in [1.165, 1.54) is 23.5 Å². The van der Waals surface area contributed by atoms with Crippen molar-refractivity contribution in [3.8, 4) is 0 Å². The average molecular weight is 384 g/mol. The zero-order valence-corrected chi connectivity index (χ0v) is 13.5. The maximum Gasteiger partial charge on any atom is 0.124 e. The lowest BCUT2D eigenvalue weighted by molar-refractivity contribution is 0.551. The molecule has 2 aromatic rings. The molecule has 7 heteroatoms. The van der Waals surface area contributed by atoms with E-state index < -0.39 is 0 Å². The van der Waals surface area contributed by atoms with Gasteiger partial charge in [-0.3, -0.25) is 11.3 Å². The monoisotopic (exact) mass is 382 g/mol. The van der Waals surface area contributed by atoms with Gasteiger partial charge in [0, 0.05) is 10.0 Å². The summed E-state index contributed by atoms with van der Waals surface area (Å²) in [5, 5.41) is 0. The number of hydrogen-bond donors (Lipinski definition) is 2. The van der Waals surface area contributed by atoms with Crippen LogP contribution in [0.1, 0.15) is 17.2 Å². The third-order valence-corrected chi connectivity index (χ3v) is 4.96. The van der Waals surface area contributed by atoms with Gasteiger partial charge in [-0.15, -0.1) is 11.3 Å². The largest absolute Gasteiger partial charge is 0.271 e. The molecule has 1 aromatic carbocycles. The zero-order chi connectivity index (χ0) is 14.0. The molecular weight excluding hydrogens is 374 g/mol.